The van der Waals surface area contributed by atoms with Gasteiger partial charge in [-0.2, -0.15) is 0 Å². The zero-order valence-electron chi connectivity index (χ0n) is 17.1. The number of carbonyl (C=O) groups is 2. The molecule has 1 aromatic carbocycles. The highest BCUT2D eigenvalue weighted by molar-refractivity contribution is 5.94. The summed E-state index contributed by atoms with van der Waals surface area (Å²) in [5.74, 6) is -0.169. The molecule has 0 radical (unpaired) electrons. The first-order valence-corrected chi connectivity index (χ1v) is 10.2. The molecular weight excluding hydrogens is 366 g/mol. The van der Waals surface area contributed by atoms with Gasteiger partial charge in [0.2, 0.25) is 5.91 Å². The minimum Gasteiger partial charge on any atom is -0.349 e. The van der Waals surface area contributed by atoms with Crippen LogP contribution in [-0.2, 0) is 11.3 Å². The Bertz CT molecular complexity index is 901. The van der Waals surface area contributed by atoms with Gasteiger partial charge < -0.3 is 14.8 Å². The molecule has 1 saturated carbocycles. The minimum atomic E-state index is -0.291. The summed E-state index contributed by atoms with van der Waals surface area (Å²) in [6.07, 6.45) is 5.74. The Morgan fingerprint density at radius 2 is 1.83 bits per heavy atom. The first-order valence-electron chi connectivity index (χ1n) is 10.2. The predicted octanol–water partition coefficient (Wildman–Crippen LogP) is 2.78. The molecule has 6 heteroatoms. The van der Waals surface area contributed by atoms with E-state index < -0.39 is 0 Å². The standard InChI is InChI=1S/C23H29N3O3/c1-17(18-8-4-3-5-9-18)14-25(2)22(28)16-26-15-19(12-13-21(26)27)23(29)24-20-10-6-7-11-20/h3-5,8-9,12-13,15,17,20H,6-7,10-11,14,16H2,1-2H3,(H,24,29)/t17-/m1/s1. The van der Waals surface area contributed by atoms with Crippen molar-refractivity contribution in [3.63, 3.8) is 0 Å². The summed E-state index contributed by atoms with van der Waals surface area (Å²) in [6, 6.07) is 13.1. The number of nitrogens with zero attached hydrogens (tertiary/aromatic N) is 2. The summed E-state index contributed by atoms with van der Waals surface area (Å²) in [5, 5.41) is 3.01. The maximum Gasteiger partial charge on any atom is 0.252 e. The molecule has 154 valence electrons. The van der Waals surface area contributed by atoms with E-state index >= 15 is 0 Å². The van der Waals surface area contributed by atoms with Crippen LogP contribution in [0.2, 0.25) is 0 Å². The van der Waals surface area contributed by atoms with Gasteiger partial charge in [0.15, 0.2) is 0 Å². The third kappa shape index (κ3) is 5.56. The lowest BCUT2D eigenvalue weighted by molar-refractivity contribution is -0.130. The number of aromatic nitrogens is 1. The van der Waals surface area contributed by atoms with Crippen molar-refractivity contribution in [2.24, 2.45) is 0 Å². The highest BCUT2D eigenvalue weighted by Crippen LogP contribution is 2.18. The predicted molar refractivity (Wildman–Crippen MR) is 113 cm³/mol. The summed E-state index contributed by atoms with van der Waals surface area (Å²) < 4.78 is 1.32. The topological polar surface area (TPSA) is 71.4 Å². The summed E-state index contributed by atoms with van der Waals surface area (Å²) in [5.41, 5.74) is 1.28. The second kappa shape index (κ2) is 9.54. The maximum atomic E-state index is 12.7. The van der Waals surface area contributed by atoms with Gasteiger partial charge >= 0.3 is 0 Å². The number of hydrogen-bond donors (Lipinski definition) is 1. The van der Waals surface area contributed by atoms with Crippen LogP contribution in [0.3, 0.4) is 0 Å². The van der Waals surface area contributed by atoms with Gasteiger partial charge in [-0.15, -0.1) is 0 Å². The van der Waals surface area contributed by atoms with E-state index in [4.69, 9.17) is 0 Å². The summed E-state index contributed by atoms with van der Waals surface area (Å²) in [6.45, 7) is 2.54. The van der Waals surface area contributed by atoms with E-state index in [9.17, 15) is 14.4 Å². The number of likely N-dealkylation sites (N-methyl/N-ethyl adjacent to an activating group) is 1. The fraction of sp³-hybridized carbons (Fsp3) is 0.435. The van der Waals surface area contributed by atoms with E-state index in [0.29, 0.717) is 12.1 Å². The Hall–Kier alpha value is -2.89. The van der Waals surface area contributed by atoms with Gasteiger partial charge in [-0.05, 0) is 30.4 Å². The average molecular weight is 396 g/mol. The lowest BCUT2D eigenvalue weighted by Gasteiger charge is -2.22. The van der Waals surface area contributed by atoms with Crippen molar-refractivity contribution in [3.05, 3.63) is 70.1 Å². The molecule has 0 spiro atoms. The number of hydrogen-bond acceptors (Lipinski definition) is 3. The Labute approximate surface area is 171 Å². The van der Waals surface area contributed by atoms with Crippen molar-refractivity contribution in [2.45, 2.75) is 51.1 Å². The van der Waals surface area contributed by atoms with Crippen molar-refractivity contribution >= 4 is 11.8 Å². The number of amides is 2. The molecule has 0 saturated heterocycles. The second-order valence-corrected chi connectivity index (χ2v) is 7.92. The maximum absolute atomic E-state index is 12.7. The third-order valence-corrected chi connectivity index (χ3v) is 5.58. The van der Waals surface area contributed by atoms with E-state index in [1.54, 1.807) is 11.9 Å². The molecule has 2 amide bonds. The van der Waals surface area contributed by atoms with Crippen LogP contribution in [0.25, 0.3) is 0 Å². The minimum absolute atomic E-state index is 0.0820. The van der Waals surface area contributed by atoms with Crippen molar-refractivity contribution in [2.75, 3.05) is 13.6 Å². The Morgan fingerprint density at radius 1 is 1.14 bits per heavy atom. The summed E-state index contributed by atoms with van der Waals surface area (Å²) in [4.78, 5) is 39.0. The van der Waals surface area contributed by atoms with Gasteiger partial charge in [-0.25, -0.2) is 0 Å². The Morgan fingerprint density at radius 3 is 2.52 bits per heavy atom. The number of rotatable bonds is 7. The molecule has 1 aliphatic carbocycles. The molecule has 29 heavy (non-hydrogen) atoms. The average Bonchev–Trinajstić information content (AvgIpc) is 3.23. The van der Waals surface area contributed by atoms with E-state index in [1.807, 2.05) is 30.3 Å². The molecule has 1 heterocycles. The van der Waals surface area contributed by atoms with Gasteiger partial charge in [0.1, 0.15) is 6.54 Å². The third-order valence-electron chi connectivity index (χ3n) is 5.58. The van der Waals surface area contributed by atoms with Crippen molar-refractivity contribution in [3.8, 4) is 0 Å². The number of carbonyl (C=O) groups excluding carboxylic acids is 2. The fourth-order valence-corrected chi connectivity index (χ4v) is 3.79. The Balaban J connectivity index is 1.63. The van der Waals surface area contributed by atoms with E-state index in [1.165, 1.54) is 22.9 Å². The molecule has 1 N–H and O–H groups in total. The lowest BCUT2D eigenvalue weighted by Crippen LogP contribution is -2.37. The molecule has 1 fully saturated rings. The normalized spacial score (nSPS) is 15.1. The zero-order chi connectivity index (χ0) is 20.8. The van der Waals surface area contributed by atoms with Crippen LogP contribution < -0.4 is 10.9 Å². The van der Waals surface area contributed by atoms with Crippen LogP contribution in [0.15, 0.2) is 53.5 Å². The van der Waals surface area contributed by atoms with E-state index in [0.717, 1.165) is 31.2 Å². The molecule has 0 unspecified atom stereocenters. The molecule has 2 aromatic rings. The molecule has 0 aliphatic heterocycles. The highest BCUT2D eigenvalue weighted by Gasteiger charge is 2.19. The van der Waals surface area contributed by atoms with E-state index in [-0.39, 0.29) is 35.9 Å². The molecular formula is C23H29N3O3. The summed E-state index contributed by atoms with van der Waals surface area (Å²) in [7, 11) is 1.74. The van der Waals surface area contributed by atoms with Crippen LogP contribution >= 0.6 is 0 Å². The lowest BCUT2D eigenvalue weighted by atomic mass is 10.0. The SMILES string of the molecule is C[C@H](CN(C)C(=O)Cn1cc(C(=O)NC2CCCC2)ccc1=O)c1ccccc1. The molecule has 6 nitrogen and oxygen atoms in total. The fourth-order valence-electron chi connectivity index (χ4n) is 3.79. The number of nitrogens with one attached hydrogen (secondary N) is 1. The monoisotopic (exact) mass is 395 g/mol. The number of pyridine rings is 1. The second-order valence-electron chi connectivity index (χ2n) is 7.92. The zero-order valence-corrected chi connectivity index (χ0v) is 17.1. The molecule has 1 aliphatic rings. The molecule has 0 bridgehead atoms. The van der Waals surface area contributed by atoms with E-state index in [2.05, 4.69) is 12.2 Å². The van der Waals surface area contributed by atoms with Gasteiger partial charge in [-0.3, -0.25) is 14.4 Å². The molecule has 1 atom stereocenters. The van der Waals surface area contributed by atoms with Gasteiger partial charge in [0.05, 0.1) is 5.56 Å². The van der Waals surface area contributed by atoms with Gasteiger partial charge in [0, 0.05) is 31.9 Å². The van der Waals surface area contributed by atoms with Crippen molar-refractivity contribution < 1.29 is 9.59 Å². The van der Waals surface area contributed by atoms with Gasteiger partial charge in [-0.1, -0.05) is 50.1 Å². The van der Waals surface area contributed by atoms with Crippen LogP contribution in [0.5, 0.6) is 0 Å². The first-order chi connectivity index (χ1) is 13.9. The highest BCUT2D eigenvalue weighted by atomic mass is 16.2. The number of benzene rings is 1. The quantitative estimate of drug-likeness (QED) is 0.784. The van der Waals surface area contributed by atoms with Crippen molar-refractivity contribution in [1.29, 1.82) is 0 Å². The Kier molecular flexibility index (Phi) is 6.86. The van der Waals surface area contributed by atoms with Crippen LogP contribution in [0, 0.1) is 0 Å². The van der Waals surface area contributed by atoms with Gasteiger partial charge in [0.25, 0.3) is 11.5 Å². The van der Waals surface area contributed by atoms with Crippen LogP contribution in [-0.4, -0.2) is 40.9 Å². The summed E-state index contributed by atoms with van der Waals surface area (Å²) >= 11 is 0. The first kappa shape index (κ1) is 20.8. The van der Waals surface area contributed by atoms with Crippen molar-refractivity contribution in [1.82, 2.24) is 14.8 Å². The smallest absolute Gasteiger partial charge is 0.252 e. The van der Waals surface area contributed by atoms with Crippen LogP contribution in [0.1, 0.15) is 54.4 Å². The largest absolute Gasteiger partial charge is 0.349 e. The molecule has 3 rings (SSSR count). The van der Waals surface area contributed by atoms with Crippen LogP contribution in [0.4, 0.5) is 0 Å². The molecule has 1 aromatic heterocycles.